The molecule has 2 unspecified atom stereocenters. The molecule has 1 saturated heterocycles. The molecule has 1 aromatic rings. The minimum atomic E-state index is -4.41. The number of ether oxygens (including phenoxy) is 1. The molecule has 1 aromatic heterocycles. The van der Waals surface area contributed by atoms with Crippen LogP contribution < -0.4 is 10.6 Å². The molecule has 5 nitrogen and oxygen atoms in total. The fourth-order valence-corrected chi connectivity index (χ4v) is 3.88. The van der Waals surface area contributed by atoms with Gasteiger partial charge in [-0.1, -0.05) is 20.8 Å². The Morgan fingerprint density at radius 3 is 2.59 bits per heavy atom. The van der Waals surface area contributed by atoms with Crippen LogP contribution in [0.5, 0.6) is 0 Å². The van der Waals surface area contributed by atoms with Crippen molar-refractivity contribution in [3.8, 4) is 0 Å². The highest BCUT2D eigenvalue weighted by Gasteiger charge is 2.35. The number of nitrogens with zero attached hydrogens (tertiary/aromatic N) is 2. The number of aliphatic imine (C=N–C) groups is 1. The van der Waals surface area contributed by atoms with E-state index < -0.39 is 11.9 Å². The van der Waals surface area contributed by atoms with E-state index in [1.54, 1.807) is 7.05 Å². The molecule has 0 aliphatic carbocycles. The van der Waals surface area contributed by atoms with Crippen molar-refractivity contribution in [1.82, 2.24) is 15.6 Å². The van der Waals surface area contributed by atoms with E-state index in [9.17, 15) is 13.2 Å². The zero-order chi connectivity index (χ0) is 19.4. The minimum absolute atomic E-state index is 0. The minimum Gasteiger partial charge on any atom is -0.377 e. The summed E-state index contributed by atoms with van der Waals surface area (Å²) in [7, 11) is 1.64. The monoisotopic (exact) mass is 520 g/mol. The Labute approximate surface area is 179 Å². The van der Waals surface area contributed by atoms with E-state index in [4.69, 9.17) is 4.74 Å². The van der Waals surface area contributed by atoms with Crippen molar-refractivity contribution in [2.24, 2.45) is 16.3 Å². The summed E-state index contributed by atoms with van der Waals surface area (Å²) in [6, 6.07) is 0. The van der Waals surface area contributed by atoms with E-state index in [0.717, 1.165) is 36.2 Å². The number of rotatable bonds is 4. The zero-order valence-corrected chi connectivity index (χ0v) is 19.2. The van der Waals surface area contributed by atoms with Crippen LogP contribution in [0.25, 0.3) is 0 Å². The van der Waals surface area contributed by atoms with Gasteiger partial charge in [0.25, 0.3) is 0 Å². The maximum absolute atomic E-state index is 12.6. The summed E-state index contributed by atoms with van der Waals surface area (Å²) in [5.74, 6) is 0.908. The predicted molar refractivity (Wildman–Crippen MR) is 113 cm³/mol. The molecule has 0 spiro atoms. The molecule has 2 atom stereocenters. The highest BCUT2D eigenvalue weighted by Crippen LogP contribution is 2.33. The first kappa shape index (κ1) is 24.4. The van der Waals surface area contributed by atoms with Crippen molar-refractivity contribution in [3.63, 3.8) is 0 Å². The van der Waals surface area contributed by atoms with Crippen molar-refractivity contribution < 1.29 is 17.9 Å². The second-order valence-electron chi connectivity index (χ2n) is 7.49. The van der Waals surface area contributed by atoms with Crippen LogP contribution in [0.4, 0.5) is 13.2 Å². The summed E-state index contributed by atoms with van der Waals surface area (Å²) in [6.45, 7) is 8.20. The molecule has 1 aliphatic heterocycles. The standard InChI is InChI=1S/C17H27F3N4OS.HI/c1-16(2,3)14-11(6-5-7-25-14)8-22-15(21-4)23-9-13-24-12(10-26-13)17(18,19)20;/h10-11,14H,5-9H2,1-4H3,(H2,21,22,23);1H. The van der Waals surface area contributed by atoms with E-state index in [-0.39, 0.29) is 42.0 Å². The largest absolute Gasteiger partial charge is 0.434 e. The Morgan fingerprint density at radius 1 is 1.33 bits per heavy atom. The third-order valence-electron chi connectivity index (χ3n) is 4.30. The van der Waals surface area contributed by atoms with E-state index in [2.05, 4.69) is 41.4 Å². The second kappa shape index (κ2) is 10.2. The summed E-state index contributed by atoms with van der Waals surface area (Å²) >= 11 is 0.982. The molecule has 10 heteroatoms. The molecule has 2 N–H and O–H groups in total. The summed E-state index contributed by atoms with van der Waals surface area (Å²) in [5, 5.41) is 7.68. The van der Waals surface area contributed by atoms with Gasteiger partial charge in [0.2, 0.25) is 0 Å². The van der Waals surface area contributed by atoms with Gasteiger partial charge in [-0.2, -0.15) is 13.2 Å². The first-order valence-corrected chi connectivity index (χ1v) is 9.57. The lowest BCUT2D eigenvalue weighted by molar-refractivity contribution is -0.140. The predicted octanol–water partition coefficient (Wildman–Crippen LogP) is 4.29. The van der Waals surface area contributed by atoms with E-state index in [1.165, 1.54) is 0 Å². The fourth-order valence-electron chi connectivity index (χ4n) is 3.14. The maximum Gasteiger partial charge on any atom is 0.434 e. The smallest absolute Gasteiger partial charge is 0.377 e. The number of nitrogens with one attached hydrogen (secondary N) is 2. The Bertz CT molecular complexity index is 616. The van der Waals surface area contributed by atoms with Gasteiger partial charge in [-0.15, -0.1) is 35.3 Å². The van der Waals surface area contributed by atoms with Crippen molar-refractivity contribution in [1.29, 1.82) is 0 Å². The van der Waals surface area contributed by atoms with Gasteiger partial charge in [0.1, 0.15) is 5.01 Å². The van der Waals surface area contributed by atoms with Gasteiger partial charge in [0.15, 0.2) is 11.7 Å². The quantitative estimate of drug-likeness (QED) is 0.354. The zero-order valence-electron chi connectivity index (χ0n) is 16.0. The van der Waals surface area contributed by atoms with Crippen LogP contribution in [-0.2, 0) is 17.5 Å². The average Bonchev–Trinajstić information content (AvgIpc) is 3.04. The van der Waals surface area contributed by atoms with E-state index >= 15 is 0 Å². The summed E-state index contributed by atoms with van der Waals surface area (Å²) in [4.78, 5) is 7.75. The number of hydrogen-bond donors (Lipinski definition) is 2. The van der Waals surface area contributed by atoms with Crippen LogP contribution in [0, 0.1) is 11.3 Å². The lowest BCUT2D eigenvalue weighted by atomic mass is 9.78. The summed E-state index contributed by atoms with van der Waals surface area (Å²) in [5.41, 5.74) is -0.798. The lowest BCUT2D eigenvalue weighted by Crippen LogP contribution is -2.47. The molecule has 156 valence electrons. The summed E-state index contributed by atoms with van der Waals surface area (Å²) < 4.78 is 43.8. The molecule has 0 bridgehead atoms. The molecule has 1 aliphatic rings. The van der Waals surface area contributed by atoms with Crippen LogP contribution in [0.3, 0.4) is 0 Å². The molecule has 27 heavy (non-hydrogen) atoms. The number of aromatic nitrogens is 1. The first-order valence-electron chi connectivity index (χ1n) is 8.69. The molecular weight excluding hydrogens is 492 g/mol. The molecule has 2 rings (SSSR count). The van der Waals surface area contributed by atoms with E-state index in [0.29, 0.717) is 23.4 Å². The molecular formula is C17H28F3IN4OS. The normalized spacial score (nSPS) is 21.5. The van der Waals surface area contributed by atoms with Gasteiger partial charge in [-0.05, 0) is 18.3 Å². The van der Waals surface area contributed by atoms with Crippen LogP contribution in [0.2, 0.25) is 0 Å². The third-order valence-corrected chi connectivity index (χ3v) is 5.15. The van der Waals surface area contributed by atoms with Crippen LogP contribution in [-0.4, -0.2) is 37.2 Å². The van der Waals surface area contributed by atoms with Crippen LogP contribution in [0.15, 0.2) is 10.4 Å². The number of alkyl halides is 3. The maximum atomic E-state index is 12.6. The van der Waals surface area contributed by atoms with Crippen molar-refractivity contribution in [3.05, 3.63) is 16.1 Å². The van der Waals surface area contributed by atoms with Crippen LogP contribution in [0.1, 0.15) is 44.3 Å². The van der Waals surface area contributed by atoms with Gasteiger partial charge >= 0.3 is 6.18 Å². The molecule has 1 fully saturated rings. The Morgan fingerprint density at radius 2 is 2.04 bits per heavy atom. The third kappa shape index (κ3) is 7.37. The lowest BCUT2D eigenvalue weighted by Gasteiger charge is -2.40. The fraction of sp³-hybridized carbons (Fsp3) is 0.765. The number of hydrogen-bond acceptors (Lipinski definition) is 4. The highest BCUT2D eigenvalue weighted by molar-refractivity contribution is 14.0. The topological polar surface area (TPSA) is 58.5 Å². The van der Waals surface area contributed by atoms with Gasteiger partial charge in [0, 0.05) is 31.5 Å². The SMILES string of the molecule is CN=C(NCc1nc(C(F)(F)F)cs1)NCC1CCCOC1C(C)(C)C.I. The van der Waals surface area contributed by atoms with E-state index in [1.807, 2.05) is 0 Å². The molecule has 0 radical (unpaired) electrons. The van der Waals surface area contributed by atoms with Crippen molar-refractivity contribution in [2.45, 2.75) is 52.4 Å². The Balaban J connectivity index is 0.00000364. The van der Waals surface area contributed by atoms with Gasteiger partial charge in [0.05, 0.1) is 12.6 Å². The van der Waals surface area contributed by atoms with Gasteiger partial charge in [-0.25, -0.2) is 4.98 Å². The Kier molecular flexibility index (Phi) is 9.26. The van der Waals surface area contributed by atoms with Gasteiger partial charge < -0.3 is 15.4 Å². The average molecular weight is 520 g/mol. The molecule has 2 heterocycles. The molecule has 0 saturated carbocycles. The summed E-state index contributed by atoms with van der Waals surface area (Å²) in [6.07, 6.45) is -2.13. The molecule has 0 amide bonds. The number of halogens is 4. The number of thiazole rings is 1. The highest BCUT2D eigenvalue weighted by atomic mass is 127. The van der Waals surface area contributed by atoms with Crippen LogP contribution >= 0.6 is 35.3 Å². The molecule has 0 aromatic carbocycles. The number of guanidine groups is 1. The van der Waals surface area contributed by atoms with Gasteiger partial charge in [-0.3, -0.25) is 4.99 Å². The van der Waals surface area contributed by atoms with Crippen molar-refractivity contribution in [2.75, 3.05) is 20.2 Å². The first-order chi connectivity index (χ1) is 12.1. The second-order valence-corrected chi connectivity index (χ2v) is 8.43. The van der Waals surface area contributed by atoms with Crippen molar-refractivity contribution >= 4 is 41.3 Å². The Hall–Kier alpha value is -0.620.